The van der Waals surface area contributed by atoms with Gasteiger partial charge in [0.25, 0.3) is 5.91 Å². The van der Waals surface area contributed by atoms with Crippen LogP contribution in [-0.2, 0) is 9.59 Å². The van der Waals surface area contributed by atoms with Gasteiger partial charge in [-0.1, -0.05) is 22.0 Å². The van der Waals surface area contributed by atoms with Crippen molar-refractivity contribution in [2.45, 2.75) is 6.92 Å². The van der Waals surface area contributed by atoms with Crippen molar-refractivity contribution in [2.75, 3.05) is 18.4 Å². The van der Waals surface area contributed by atoms with E-state index in [0.717, 1.165) is 14.9 Å². The molecule has 0 bridgehead atoms. The highest BCUT2D eigenvalue weighted by Crippen LogP contribution is 2.20. The van der Waals surface area contributed by atoms with Gasteiger partial charge in [-0.05, 0) is 24.6 Å². The van der Waals surface area contributed by atoms with Crippen LogP contribution in [0.3, 0.4) is 0 Å². The zero-order chi connectivity index (χ0) is 14.0. The molecule has 1 heterocycles. The molecule has 1 aliphatic rings. The summed E-state index contributed by atoms with van der Waals surface area (Å²) in [6.45, 7) is 1.60. The third-order valence-electron chi connectivity index (χ3n) is 2.69. The van der Waals surface area contributed by atoms with Gasteiger partial charge in [-0.25, -0.2) is 4.79 Å². The Kier molecular flexibility index (Phi) is 3.84. The van der Waals surface area contributed by atoms with Gasteiger partial charge in [-0.3, -0.25) is 14.5 Å². The molecule has 100 valence electrons. The highest BCUT2D eigenvalue weighted by atomic mass is 79.9. The summed E-state index contributed by atoms with van der Waals surface area (Å²) >= 11 is 3.36. The number of rotatable bonds is 3. The molecule has 1 fully saturated rings. The number of aryl methyl sites for hydroxylation is 1. The van der Waals surface area contributed by atoms with Gasteiger partial charge in [0.15, 0.2) is 0 Å². The van der Waals surface area contributed by atoms with Gasteiger partial charge < -0.3 is 10.6 Å². The molecule has 2 rings (SSSR count). The molecule has 1 aromatic carbocycles. The van der Waals surface area contributed by atoms with Crippen LogP contribution in [0.25, 0.3) is 0 Å². The molecule has 7 heteroatoms. The second-order valence-electron chi connectivity index (χ2n) is 4.15. The lowest BCUT2D eigenvalue weighted by molar-refractivity contribution is -0.128. The molecule has 1 aromatic rings. The van der Waals surface area contributed by atoms with Crippen LogP contribution in [-0.4, -0.2) is 35.8 Å². The zero-order valence-electron chi connectivity index (χ0n) is 10.2. The van der Waals surface area contributed by atoms with Crippen molar-refractivity contribution in [1.82, 2.24) is 10.2 Å². The molecular weight excluding hydrogens is 314 g/mol. The van der Waals surface area contributed by atoms with Crippen molar-refractivity contribution in [3.05, 3.63) is 28.2 Å². The second-order valence-corrected chi connectivity index (χ2v) is 5.01. The summed E-state index contributed by atoms with van der Waals surface area (Å²) in [5.41, 5.74) is 1.65. The summed E-state index contributed by atoms with van der Waals surface area (Å²) in [5, 5.41) is 4.99. The van der Waals surface area contributed by atoms with E-state index >= 15 is 0 Å². The topological polar surface area (TPSA) is 78.5 Å². The molecule has 0 aliphatic carbocycles. The zero-order valence-corrected chi connectivity index (χ0v) is 11.8. The summed E-state index contributed by atoms with van der Waals surface area (Å²) < 4.78 is 0.875. The number of amides is 4. The Hall–Kier alpha value is -1.89. The van der Waals surface area contributed by atoms with Gasteiger partial charge in [-0.2, -0.15) is 0 Å². The van der Waals surface area contributed by atoms with Crippen LogP contribution < -0.4 is 10.6 Å². The Morgan fingerprint density at radius 2 is 2.21 bits per heavy atom. The maximum atomic E-state index is 11.8. The minimum Gasteiger partial charge on any atom is -0.329 e. The van der Waals surface area contributed by atoms with Crippen LogP contribution in [0.2, 0.25) is 0 Å². The van der Waals surface area contributed by atoms with E-state index in [9.17, 15) is 14.4 Å². The fourth-order valence-electron chi connectivity index (χ4n) is 1.63. The summed E-state index contributed by atoms with van der Waals surface area (Å²) in [6.07, 6.45) is 0. The SMILES string of the molecule is Cc1ccc(NC(=O)CN2C(=O)CNC2=O)cc1Br. The molecule has 0 spiro atoms. The third-order valence-corrected chi connectivity index (χ3v) is 3.55. The normalized spacial score (nSPS) is 14.5. The van der Waals surface area contributed by atoms with Crippen LogP contribution in [0.5, 0.6) is 0 Å². The lowest BCUT2D eigenvalue weighted by atomic mass is 10.2. The maximum Gasteiger partial charge on any atom is 0.325 e. The smallest absolute Gasteiger partial charge is 0.325 e. The summed E-state index contributed by atoms with van der Waals surface area (Å²) in [6, 6.07) is 4.83. The van der Waals surface area contributed by atoms with Gasteiger partial charge in [0.1, 0.15) is 6.54 Å². The number of carbonyl (C=O) groups is 3. The van der Waals surface area contributed by atoms with Crippen molar-refractivity contribution in [3.8, 4) is 0 Å². The molecule has 1 saturated heterocycles. The highest BCUT2D eigenvalue weighted by molar-refractivity contribution is 9.10. The number of hydrogen-bond donors (Lipinski definition) is 2. The monoisotopic (exact) mass is 325 g/mol. The molecule has 6 nitrogen and oxygen atoms in total. The van der Waals surface area contributed by atoms with Gasteiger partial charge in [-0.15, -0.1) is 0 Å². The van der Waals surface area contributed by atoms with E-state index in [2.05, 4.69) is 26.6 Å². The van der Waals surface area contributed by atoms with Crippen LogP contribution in [0.15, 0.2) is 22.7 Å². The second kappa shape index (κ2) is 5.40. The fraction of sp³-hybridized carbons (Fsp3) is 0.250. The quantitative estimate of drug-likeness (QED) is 0.821. The molecule has 19 heavy (non-hydrogen) atoms. The molecular formula is C12H12BrN3O3. The number of urea groups is 1. The minimum absolute atomic E-state index is 0.0534. The first-order valence-corrected chi connectivity index (χ1v) is 6.41. The number of halogens is 1. The number of hydrogen-bond acceptors (Lipinski definition) is 3. The number of imide groups is 1. The Labute approximate surface area is 118 Å². The van der Waals surface area contributed by atoms with E-state index in [1.165, 1.54) is 0 Å². The maximum absolute atomic E-state index is 11.8. The average Bonchev–Trinajstić information content (AvgIpc) is 2.66. The van der Waals surface area contributed by atoms with E-state index in [1.54, 1.807) is 12.1 Å². The average molecular weight is 326 g/mol. The first-order chi connectivity index (χ1) is 8.97. The van der Waals surface area contributed by atoms with Gasteiger partial charge in [0.2, 0.25) is 5.91 Å². The Balaban J connectivity index is 1.99. The predicted octanol–water partition coefficient (Wildman–Crippen LogP) is 1.25. The molecule has 0 aromatic heterocycles. The number of nitrogens with zero attached hydrogens (tertiary/aromatic N) is 1. The van der Waals surface area contributed by atoms with Crippen molar-refractivity contribution >= 4 is 39.5 Å². The largest absolute Gasteiger partial charge is 0.329 e. The number of benzene rings is 1. The van der Waals surface area contributed by atoms with Crippen LogP contribution in [0.4, 0.5) is 10.5 Å². The summed E-state index contributed by atoms with van der Waals surface area (Å²) in [5.74, 6) is -0.814. The van der Waals surface area contributed by atoms with E-state index in [0.29, 0.717) is 5.69 Å². The fourth-order valence-corrected chi connectivity index (χ4v) is 2.01. The Morgan fingerprint density at radius 1 is 1.47 bits per heavy atom. The van der Waals surface area contributed by atoms with E-state index in [-0.39, 0.29) is 13.1 Å². The van der Waals surface area contributed by atoms with Crippen molar-refractivity contribution < 1.29 is 14.4 Å². The van der Waals surface area contributed by atoms with E-state index in [4.69, 9.17) is 0 Å². The van der Waals surface area contributed by atoms with Crippen molar-refractivity contribution in [3.63, 3.8) is 0 Å². The molecule has 0 unspecified atom stereocenters. The van der Waals surface area contributed by atoms with Gasteiger partial charge in [0.05, 0.1) is 6.54 Å². The molecule has 0 atom stereocenters. The molecule has 4 amide bonds. The Morgan fingerprint density at radius 3 is 2.79 bits per heavy atom. The van der Waals surface area contributed by atoms with Crippen LogP contribution >= 0.6 is 15.9 Å². The van der Waals surface area contributed by atoms with Crippen LogP contribution in [0, 0.1) is 6.92 Å². The first-order valence-electron chi connectivity index (χ1n) is 5.61. The predicted molar refractivity (Wildman–Crippen MR) is 72.6 cm³/mol. The summed E-state index contributed by atoms with van der Waals surface area (Å²) in [7, 11) is 0. The van der Waals surface area contributed by atoms with E-state index in [1.807, 2.05) is 13.0 Å². The molecule has 0 radical (unpaired) electrons. The molecule has 1 aliphatic heterocycles. The molecule has 0 saturated carbocycles. The standard InChI is InChI=1S/C12H12BrN3O3/c1-7-2-3-8(4-9(7)13)15-10(17)6-16-11(18)5-14-12(16)19/h2-4H,5-6H2,1H3,(H,14,19)(H,15,17). The number of carbonyl (C=O) groups excluding carboxylic acids is 3. The van der Waals surface area contributed by atoms with Crippen LogP contribution in [0.1, 0.15) is 5.56 Å². The van der Waals surface area contributed by atoms with Crippen molar-refractivity contribution in [1.29, 1.82) is 0 Å². The highest BCUT2D eigenvalue weighted by Gasteiger charge is 2.30. The summed E-state index contributed by atoms with van der Waals surface area (Å²) in [4.78, 5) is 35.2. The van der Waals surface area contributed by atoms with Gasteiger partial charge in [0, 0.05) is 10.2 Å². The van der Waals surface area contributed by atoms with E-state index < -0.39 is 17.8 Å². The number of nitrogens with one attached hydrogen (secondary N) is 2. The first kappa shape index (κ1) is 13.5. The lowest BCUT2D eigenvalue weighted by Gasteiger charge is -2.12. The molecule has 2 N–H and O–H groups in total. The van der Waals surface area contributed by atoms with Crippen molar-refractivity contribution in [2.24, 2.45) is 0 Å². The van der Waals surface area contributed by atoms with Gasteiger partial charge >= 0.3 is 6.03 Å². The lowest BCUT2D eigenvalue weighted by Crippen LogP contribution is -2.38. The third kappa shape index (κ3) is 3.11. The number of anilines is 1. The Bertz CT molecular complexity index is 543. The minimum atomic E-state index is -0.537.